The molecule has 0 aliphatic heterocycles. The molecular weight excluding hydrogens is 392 g/mol. The van der Waals surface area contributed by atoms with Crippen molar-refractivity contribution < 1.29 is 9.72 Å². The smallest absolute Gasteiger partial charge is 0.269 e. The second kappa shape index (κ2) is 8.62. The molecule has 0 unspecified atom stereocenters. The summed E-state index contributed by atoms with van der Waals surface area (Å²) < 4.78 is 1.57. The Morgan fingerprint density at radius 1 is 0.935 bits per heavy atom. The molecule has 0 aliphatic rings. The Balaban J connectivity index is 1.68. The standard InChI is InChI=1S/C24H20N4O3/c1-17-16-22(27(26-17)20-12-14-21(15-13-20)28(30)31)25-24(29)23(18-8-4-2-5-9-18)19-10-6-3-7-11-19/h2-16,23H,1H3,(H,25,29). The summed E-state index contributed by atoms with van der Waals surface area (Å²) in [6.45, 7) is 1.82. The second-order valence-electron chi connectivity index (χ2n) is 7.10. The summed E-state index contributed by atoms with van der Waals surface area (Å²) in [5.41, 5.74) is 3.08. The zero-order chi connectivity index (χ0) is 21.8. The molecule has 4 rings (SSSR count). The van der Waals surface area contributed by atoms with Gasteiger partial charge in [0.1, 0.15) is 5.82 Å². The SMILES string of the molecule is Cc1cc(NC(=O)C(c2ccccc2)c2ccccc2)n(-c2ccc([N+](=O)[O-])cc2)n1. The normalized spacial score (nSPS) is 10.8. The van der Waals surface area contributed by atoms with Crippen molar-refractivity contribution in [3.8, 4) is 5.69 Å². The van der Waals surface area contributed by atoms with Crippen LogP contribution in [0.15, 0.2) is 91.0 Å². The first-order valence-corrected chi connectivity index (χ1v) is 9.75. The number of nitro groups is 1. The summed E-state index contributed by atoms with van der Waals surface area (Å²) in [5.74, 6) is -0.198. The highest BCUT2D eigenvalue weighted by Gasteiger charge is 2.24. The lowest BCUT2D eigenvalue weighted by atomic mass is 9.90. The van der Waals surface area contributed by atoms with Crippen molar-refractivity contribution in [2.24, 2.45) is 0 Å². The van der Waals surface area contributed by atoms with Gasteiger partial charge in [0.15, 0.2) is 0 Å². The van der Waals surface area contributed by atoms with Crippen molar-refractivity contribution in [3.05, 3.63) is 118 Å². The van der Waals surface area contributed by atoms with E-state index in [0.717, 1.165) is 11.1 Å². The number of hydrogen-bond donors (Lipinski definition) is 1. The third-order valence-corrected chi connectivity index (χ3v) is 4.92. The fraction of sp³-hybridized carbons (Fsp3) is 0.0833. The van der Waals surface area contributed by atoms with Crippen LogP contribution in [-0.2, 0) is 4.79 Å². The number of aryl methyl sites for hydroxylation is 1. The maximum absolute atomic E-state index is 13.4. The Morgan fingerprint density at radius 2 is 1.48 bits per heavy atom. The van der Waals surface area contributed by atoms with Crippen LogP contribution in [0.5, 0.6) is 0 Å². The number of nitrogens with one attached hydrogen (secondary N) is 1. The molecule has 1 amide bonds. The van der Waals surface area contributed by atoms with Crippen LogP contribution in [0.3, 0.4) is 0 Å². The highest BCUT2D eigenvalue weighted by molar-refractivity contribution is 5.97. The minimum atomic E-state index is -0.497. The van der Waals surface area contributed by atoms with Crippen LogP contribution >= 0.6 is 0 Å². The first-order chi connectivity index (χ1) is 15.0. The average Bonchev–Trinajstić information content (AvgIpc) is 3.15. The maximum atomic E-state index is 13.4. The van der Waals surface area contributed by atoms with Gasteiger partial charge in [-0.05, 0) is 30.2 Å². The topological polar surface area (TPSA) is 90.1 Å². The molecule has 3 aromatic carbocycles. The molecule has 0 spiro atoms. The molecule has 0 bridgehead atoms. The van der Waals surface area contributed by atoms with Crippen molar-refractivity contribution in [2.75, 3.05) is 5.32 Å². The Bertz CT molecular complexity index is 1160. The van der Waals surface area contributed by atoms with E-state index in [1.807, 2.05) is 67.6 Å². The molecule has 4 aromatic rings. The number of anilines is 1. The number of amides is 1. The van der Waals surface area contributed by atoms with Crippen LogP contribution in [0, 0.1) is 17.0 Å². The molecule has 0 fully saturated rings. The van der Waals surface area contributed by atoms with Gasteiger partial charge in [-0.3, -0.25) is 14.9 Å². The van der Waals surface area contributed by atoms with E-state index in [9.17, 15) is 14.9 Å². The molecule has 0 saturated heterocycles. The molecule has 31 heavy (non-hydrogen) atoms. The van der Waals surface area contributed by atoms with Crippen LogP contribution in [-0.4, -0.2) is 20.6 Å². The van der Waals surface area contributed by atoms with E-state index in [0.29, 0.717) is 17.2 Å². The number of rotatable bonds is 6. The van der Waals surface area contributed by atoms with E-state index >= 15 is 0 Å². The number of non-ortho nitro benzene ring substituents is 1. The van der Waals surface area contributed by atoms with Gasteiger partial charge in [0, 0.05) is 18.2 Å². The Labute approximate surface area is 179 Å². The van der Waals surface area contributed by atoms with Gasteiger partial charge in [-0.1, -0.05) is 60.7 Å². The first kappa shape index (κ1) is 20.0. The monoisotopic (exact) mass is 412 g/mol. The molecule has 1 heterocycles. The van der Waals surface area contributed by atoms with E-state index in [1.165, 1.54) is 12.1 Å². The van der Waals surface area contributed by atoms with Crippen LogP contribution < -0.4 is 5.32 Å². The molecule has 7 nitrogen and oxygen atoms in total. The maximum Gasteiger partial charge on any atom is 0.269 e. The van der Waals surface area contributed by atoms with Crippen LogP contribution in [0.1, 0.15) is 22.7 Å². The number of carbonyl (C=O) groups is 1. The summed E-state index contributed by atoms with van der Waals surface area (Å²) in [5, 5.41) is 18.4. The molecule has 0 radical (unpaired) electrons. The summed E-state index contributed by atoms with van der Waals surface area (Å²) in [7, 11) is 0. The molecule has 0 aliphatic carbocycles. The Morgan fingerprint density at radius 3 is 2.00 bits per heavy atom. The molecule has 0 atom stereocenters. The van der Waals surface area contributed by atoms with Crippen LogP contribution in [0.25, 0.3) is 5.69 Å². The van der Waals surface area contributed by atoms with E-state index in [4.69, 9.17) is 0 Å². The van der Waals surface area contributed by atoms with Crippen molar-refractivity contribution in [2.45, 2.75) is 12.8 Å². The van der Waals surface area contributed by atoms with Gasteiger partial charge in [-0.15, -0.1) is 0 Å². The number of carbonyl (C=O) groups excluding carboxylic acids is 1. The minimum absolute atomic E-state index is 0.00793. The molecule has 1 N–H and O–H groups in total. The fourth-order valence-corrected chi connectivity index (χ4v) is 3.49. The minimum Gasteiger partial charge on any atom is -0.310 e. The van der Waals surface area contributed by atoms with E-state index in [-0.39, 0.29) is 11.6 Å². The second-order valence-corrected chi connectivity index (χ2v) is 7.10. The number of nitro benzene ring substituents is 1. The van der Waals surface area contributed by atoms with Gasteiger partial charge in [0.25, 0.3) is 5.69 Å². The zero-order valence-electron chi connectivity index (χ0n) is 16.8. The first-order valence-electron chi connectivity index (χ1n) is 9.75. The molecule has 154 valence electrons. The third-order valence-electron chi connectivity index (χ3n) is 4.92. The summed E-state index contributed by atoms with van der Waals surface area (Å²) in [6.07, 6.45) is 0. The van der Waals surface area contributed by atoms with Gasteiger partial charge < -0.3 is 5.32 Å². The van der Waals surface area contributed by atoms with Gasteiger partial charge in [0.05, 0.1) is 22.2 Å². The quantitative estimate of drug-likeness (QED) is 0.362. The summed E-state index contributed by atoms with van der Waals surface area (Å²) >= 11 is 0. The largest absolute Gasteiger partial charge is 0.310 e. The van der Waals surface area contributed by atoms with E-state index in [1.54, 1.807) is 22.9 Å². The molecule has 1 aromatic heterocycles. The number of aromatic nitrogens is 2. The highest BCUT2D eigenvalue weighted by Crippen LogP contribution is 2.27. The van der Waals surface area contributed by atoms with E-state index in [2.05, 4.69) is 10.4 Å². The Kier molecular flexibility index (Phi) is 5.57. The van der Waals surface area contributed by atoms with Crippen molar-refractivity contribution in [3.63, 3.8) is 0 Å². The Hall–Kier alpha value is -4.26. The molecule has 0 saturated carbocycles. The zero-order valence-corrected chi connectivity index (χ0v) is 16.8. The lowest BCUT2D eigenvalue weighted by Crippen LogP contribution is -2.23. The van der Waals surface area contributed by atoms with Gasteiger partial charge >= 0.3 is 0 Å². The predicted octanol–water partition coefficient (Wildman–Crippen LogP) is 4.86. The number of hydrogen-bond acceptors (Lipinski definition) is 4. The van der Waals surface area contributed by atoms with Gasteiger partial charge in [0.2, 0.25) is 5.91 Å². The van der Waals surface area contributed by atoms with Crippen molar-refractivity contribution >= 4 is 17.4 Å². The lowest BCUT2D eigenvalue weighted by molar-refractivity contribution is -0.384. The molecular formula is C24H20N4O3. The highest BCUT2D eigenvalue weighted by atomic mass is 16.6. The van der Waals surface area contributed by atoms with Gasteiger partial charge in [-0.25, -0.2) is 4.68 Å². The number of nitrogens with zero attached hydrogens (tertiary/aromatic N) is 3. The summed E-state index contributed by atoms with van der Waals surface area (Å²) in [4.78, 5) is 23.9. The van der Waals surface area contributed by atoms with Crippen LogP contribution in [0.4, 0.5) is 11.5 Å². The van der Waals surface area contributed by atoms with Crippen LogP contribution in [0.2, 0.25) is 0 Å². The lowest BCUT2D eigenvalue weighted by Gasteiger charge is -2.18. The number of benzene rings is 3. The summed E-state index contributed by atoms with van der Waals surface area (Å²) in [6, 6.07) is 27.0. The fourth-order valence-electron chi connectivity index (χ4n) is 3.49. The molecule has 7 heteroatoms. The van der Waals surface area contributed by atoms with Crippen molar-refractivity contribution in [1.29, 1.82) is 0 Å². The van der Waals surface area contributed by atoms with Crippen molar-refractivity contribution in [1.82, 2.24) is 9.78 Å². The van der Waals surface area contributed by atoms with E-state index < -0.39 is 10.8 Å². The predicted molar refractivity (Wildman–Crippen MR) is 118 cm³/mol. The average molecular weight is 412 g/mol. The third kappa shape index (κ3) is 4.35. The van der Waals surface area contributed by atoms with Gasteiger partial charge in [-0.2, -0.15) is 5.10 Å².